The van der Waals surface area contributed by atoms with Crippen LogP contribution in [0, 0.1) is 11.8 Å². The Labute approximate surface area is 106 Å². The molecule has 0 radical (unpaired) electrons. The van der Waals surface area contributed by atoms with Crippen LogP contribution in [0.25, 0.3) is 0 Å². The van der Waals surface area contributed by atoms with Gasteiger partial charge in [-0.1, -0.05) is 6.42 Å². The summed E-state index contributed by atoms with van der Waals surface area (Å²) in [5.74, 6) is 1.87. The van der Waals surface area contributed by atoms with Crippen molar-refractivity contribution in [1.82, 2.24) is 9.97 Å². The van der Waals surface area contributed by atoms with Crippen LogP contribution >= 0.6 is 0 Å². The highest BCUT2D eigenvalue weighted by Crippen LogP contribution is 2.45. The Balaban J connectivity index is 1.71. The first-order valence-corrected chi connectivity index (χ1v) is 6.43. The maximum absolute atomic E-state index is 11.4. The second-order valence-electron chi connectivity index (χ2n) is 5.21. The zero-order valence-corrected chi connectivity index (χ0v) is 10.4. The van der Waals surface area contributed by atoms with E-state index in [-0.39, 0.29) is 5.69 Å². The monoisotopic (exact) mass is 247 g/mol. The lowest BCUT2D eigenvalue weighted by Gasteiger charge is -2.23. The lowest BCUT2D eigenvalue weighted by atomic mass is 9.95. The van der Waals surface area contributed by atoms with Gasteiger partial charge >= 0.3 is 5.97 Å². The predicted molar refractivity (Wildman–Crippen MR) is 66.2 cm³/mol. The van der Waals surface area contributed by atoms with E-state index >= 15 is 0 Å². The van der Waals surface area contributed by atoms with E-state index in [0.717, 1.165) is 11.8 Å². The van der Waals surface area contributed by atoms with E-state index in [0.29, 0.717) is 11.9 Å². The number of ether oxygens (including phenoxy) is 1. The van der Waals surface area contributed by atoms with E-state index in [4.69, 9.17) is 0 Å². The van der Waals surface area contributed by atoms with E-state index in [9.17, 15) is 4.79 Å². The molecule has 2 saturated carbocycles. The number of hydrogen-bond acceptors (Lipinski definition) is 5. The highest BCUT2D eigenvalue weighted by molar-refractivity contribution is 5.87. The van der Waals surface area contributed by atoms with Gasteiger partial charge in [-0.25, -0.2) is 9.78 Å². The number of aromatic nitrogens is 2. The summed E-state index contributed by atoms with van der Waals surface area (Å²) in [5, 5.41) is 3.41. The van der Waals surface area contributed by atoms with E-state index in [2.05, 4.69) is 20.0 Å². The van der Waals surface area contributed by atoms with Gasteiger partial charge in [0.1, 0.15) is 5.82 Å². The number of esters is 1. The van der Waals surface area contributed by atoms with Gasteiger partial charge in [0.15, 0.2) is 5.69 Å². The zero-order valence-electron chi connectivity index (χ0n) is 10.4. The average molecular weight is 247 g/mol. The molecule has 18 heavy (non-hydrogen) atoms. The van der Waals surface area contributed by atoms with Crippen LogP contribution in [0.15, 0.2) is 12.4 Å². The minimum absolute atomic E-state index is 0.255. The van der Waals surface area contributed by atoms with Crippen LogP contribution in [0.5, 0.6) is 0 Å². The number of nitrogens with zero attached hydrogens (tertiary/aromatic N) is 2. The van der Waals surface area contributed by atoms with Crippen LogP contribution in [-0.2, 0) is 4.74 Å². The van der Waals surface area contributed by atoms with Crippen LogP contribution in [-0.4, -0.2) is 29.1 Å². The van der Waals surface area contributed by atoms with Crippen molar-refractivity contribution in [2.75, 3.05) is 12.4 Å². The fraction of sp³-hybridized carbons (Fsp3) is 0.615. The summed E-state index contributed by atoms with van der Waals surface area (Å²) in [6.07, 6.45) is 8.33. The maximum atomic E-state index is 11.4. The van der Waals surface area contributed by atoms with Crippen LogP contribution in [0.1, 0.15) is 36.2 Å². The number of carbonyl (C=O) groups is 1. The molecule has 1 heterocycles. The summed E-state index contributed by atoms with van der Waals surface area (Å²) < 4.78 is 4.64. The molecule has 5 nitrogen and oxygen atoms in total. The molecule has 96 valence electrons. The average Bonchev–Trinajstić information content (AvgIpc) is 3.00. The van der Waals surface area contributed by atoms with Gasteiger partial charge in [0.25, 0.3) is 0 Å². The number of methoxy groups -OCH3 is 1. The third-order valence-corrected chi connectivity index (χ3v) is 4.10. The maximum Gasteiger partial charge on any atom is 0.358 e. The molecule has 0 spiro atoms. The SMILES string of the molecule is COC(=O)c1cncc(NC2CC3CCC2C3)n1. The third kappa shape index (κ3) is 2.05. The number of anilines is 1. The molecule has 2 aliphatic rings. The summed E-state index contributed by atoms with van der Waals surface area (Å²) in [6.45, 7) is 0. The van der Waals surface area contributed by atoms with E-state index in [1.165, 1.54) is 39.0 Å². The molecule has 1 aromatic heterocycles. The van der Waals surface area contributed by atoms with Gasteiger partial charge < -0.3 is 10.1 Å². The predicted octanol–water partition coefficient (Wildman–Crippen LogP) is 1.86. The summed E-state index contributed by atoms with van der Waals surface area (Å²) in [6, 6.07) is 0.492. The number of hydrogen-bond donors (Lipinski definition) is 1. The van der Waals surface area contributed by atoms with Crippen molar-refractivity contribution < 1.29 is 9.53 Å². The molecule has 0 aliphatic heterocycles. The Morgan fingerprint density at radius 3 is 2.94 bits per heavy atom. The summed E-state index contributed by atoms with van der Waals surface area (Å²) in [7, 11) is 1.35. The van der Waals surface area contributed by atoms with Gasteiger partial charge in [0.2, 0.25) is 0 Å². The van der Waals surface area contributed by atoms with Gasteiger partial charge in [0.05, 0.1) is 19.5 Å². The molecule has 0 saturated heterocycles. The number of carbonyl (C=O) groups excluding carboxylic acids is 1. The molecule has 1 N–H and O–H groups in total. The van der Waals surface area contributed by atoms with Crippen molar-refractivity contribution >= 4 is 11.8 Å². The second-order valence-corrected chi connectivity index (χ2v) is 5.21. The Morgan fingerprint density at radius 1 is 1.39 bits per heavy atom. The Morgan fingerprint density at radius 2 is 2.28 bits per heavy atom. The van der Waals surface area contributed by atoms with Crippen molar-refractivity contribution in [3.63, 3.8) is 0 Å². The number of nitrogens with one attached hydrogen (secondary N) is 1. The molecule has 2 bridgehead atoms. The normalized spacial score (nSPS) is 29.3. The summed E-state index contributed by atoms with van der Waals surface area (Å²) in [5.41, 5.74) is 0.255. The third-order valence-electron chi connectivity index (χ3n) is 4.10. The van der Waals surface area contributed by atoms with Crippen LogP contribution < -0.4 is 5.32 Å². The molecule has 3 unspecified atom stereocenters. The molecular formula is C13H17N3O2. The molecule has 2 aliphatic carbocycles. The first-order chi connectivity index (χ1) is 8.76. The minimum Gasteiger partial charge on any atom is -0.464 e. The van der Waals surface area contributed by atoms with Crippen molar-refractivity contribution in [3.8, 4) is 0 Å². The highest BCUT2D eigenvalue weighted by atomic mass is 16.5. The molecule has 3 rings (SSSR count). The van der Waals surface area contributed by atoms with Crippen molar-refractivity contribution in [2.45, 2.75) is 31.7 Å². The van der Waals surface area contributed by atoms with E-state index < -0.39 is 5.97 Å². The standard InChI is InChI=1S/C13H17N3O2/c1-18-13(17)11-6-14-7-12(16-11)15-10-5-8-2-3-9(10)4-8/h6-10H,2-5H2,1H3,(H,15,16). The first-order valence-electron chi connectivity index (χ1n) is 6.43. The van der Waals surface area contributed by atoms with E-state index in [1.807, 2.05) is 0 Å². The van der Waals surface area contributed by atoms with Crippen molar-refractivity contribution in [2.24, 2.45) is 11.8 Å². The van der Waals surface area contributed by atoms with Gasteiger partial charge in [-0.2, -0.15) is 0 Å². The largest absolute Gasteiger partial charge is 0.464 e. The van der Waals surface area contributed by atoms with E-state index in [1.54, 1.807) is 6.20 Å². The van der Waals surface area contributed by atoms with Gasteiger partial charge in [-0.15, -0.1) is 0 Å². The molecule has 5 heteroatoms. The minimum atomic E-state index is -0.445. The van der Waals surface area contributed by atoms with Crippen LogP contribution in [0.3, 0.4) is 0 Å². The smallest absolute Gasteiger partial charge is 0.358 e. The van der Waals surface area contributed by atoms with Gasteiger partial charge in [0, 0.05) is 6.04 Å². The van der Waals surface area contributed by atoms with Crippen LogP contribution in [0.2, 0.25) is 0 Å². The Hall–Kier alpha value is -1.65. The molecule has 2 fully saturated rings. The highest BCUT2D eigenvalue weighted by Gasteiger charge is 2.39. The first kappa shape index (κ1) is 11.4. The number of rotatable bonds is 3. The second kappa shape index (κ2) is 4.55. The Kier molecular flexibility index (Phi) is 2.89. The van der Waals surface area contributed by atoms with Crippen molar-refractivity contribution in [1.29, 1.82) is 0 Å². The fourth-order valence-corrected chi connectivity index (χ4v) is 3.25. The van der Waals surface area contributed by atoms with Gasteiger partial charge in [-0.3, -0.25) is 4.98 Å². The molecule has 0 amide bonds. The molecule has 0 aromatic carbocycles. The van der Waals surface area contributed by atoms with Crippen LogP contribution in [0.4, 0.5) is 5.82 Å². The number of fused-ring (bicyclic) bond motifs is 2. The summed E-state index contributed by atoms with van der Waals surface area (Å²) in [4.78, 5) is 19.7. The van der Waals surface area contributed by atoms with Crippen molar-refractivity contribution in [3.05, 3.63) is 18.1 Å². The van der Waals surface area contributed by atoms with Gasteiger partial charge in [-0.05, 0) is 31.1 Å². The lowest BCUT2D eigenvalue weighted by Crippen LogP contribution is -2.26. The molecule has 3 atom stereocenters. The summed E-state index contributed by atoms with van der Waals surface area (Å²) >= 11 is 0. The molecule has 1 aromatic rings. The Bertz CT molecular complexity index is 463. The zero-order chi connectivity index (χ0) is 12.5. The topological polar surface area (TPSA) is 64.1 Å². The molecular weight excluding hydrogens is 230 g/mol. The fourth-order valence-electron chi connectivity index (χ4n) is 3.25. The lowest BCUT2D eigenvalue weighted by molar-refractivity contribution is 0.0593. The quantitative estimate of drug-likeness (QED) is 0.826.